The maximum absolute atomic E-state index is 12.6. The minimum absolute atomic E-state index is 0.0736. The number of hydrogen-bond donors (Lipinski definition) is 1. The fourth-order valence-electron chi connectivity index (χ4n) is 2.44. The summed E-state index contributed by atoms with van der Waals surface area (Å²) >= 11 is 0. The smallest absolute Gasteiger partial charge is 0.257 e. The molecule has 7 heteroatoms. The maximum Gasteiger partial charge on any atom is 0.257 e. The van der Waals surface area contributed by atoms with E-state index in [0.717, 1.165) is 10.9 Å². The fourth-order valence-corrected chi connectivity index (χ4v) is 2.44. The zero-order valence-electron chi connectivity index (χ0n) is 14.4. The molecule has 7 nitrogen and oxygen atoms in total. The van der Waals surface area contributed by atoms with E-state index in [1.807, 2.05) is 30.3 Å². The molecule has 128 valence electrons. The summed E-state index contributed by atoms with van der Waals surface area (Å²) in [6.07, 6.45) is 3.15. The van der Waals surface area contributed by atoms with Crippen LogP contribution in [-0.4, -0.2) is 45.6 Å². The van der Waals surface area contributed by atoms with Gasteiger partial charge in [0.25, 0.3) is 5.91 Å². The molecule has 0 spiro atoms. The Bertz CT molecular complexity index is 946. The van der Waals surface area contributed by atoms with Crippen LogP contribution in [0.2, 0.25) is 0 Å². The molecule has 0 aliphatic carbocycles. The minimum Gasteiger partial charge on any atom is -0.347 e. The molecule has 0 radical (unpaired) electrons. The average molecular weight is 337 g/mol. The molecule has 25 heavy (non-hydrogen) atoms. The first-order valence-electron chi connectivity index (χ1n) is 7.84. The van der Waals surface area contributed by atoms with Crippen molar-refractivity contribution in [2.45, 2.75) is 13.5 Å². The normalized spacial score (nSPS) is 10.7. The number of rotatable bonds is 4. The van der Waals surface area contributed by atoms with Gasteiger partial charge >= 0.3 is 0 Å². The highest BCUT2D eigenvalue weighted by Gasteiger charge is 2.13. The number of anilines is 1. The number of pyridine rings is 1. The van der Waals surface area contributed by atoms with Crippen molar-refractivity contribution in [3.05, 3.63) is 54.0 Å². The van der Waals surface area contributed by atoms with Gasteiger partial charge in [0.1, 0.15) is 6.54 Å². The number of likely N-dealkylation sites (N-methyl/N-ethyl adjacent to an activating group) is 1. The lowest BCUT2D eigenvalue weighted by atomic mass is 10.1. The molecular formula is C18H19N5O2. The number of hydrogen-bond acceptors (Lipinski definition) is 4. The first kappa shape index (κ1) is 16.6. The van der Waals surface area contributed by atoms with E-state index in [2.05, 4.69) is 15.4 Å². The third-order valence-corrected chi connectivity index (χ3v) is 3.85. The lowest BCUT2D eigenvalue weighted by Gasteiger charge is -2.09. The highest BCUT2D eigenvalue weighted by Crippen LogP contribution is 2.17. The van der Waals surface area contributed by atoms with Gasteiger partial charge < -0.3 is 10.2 Å². The standard InChI is InChI=1S/C18H19N5O2/c1-12-15(8-13-6-4-5-7-16(13)20-12)18(25)21-14-9-19-23(10-14)11-17(24)22(2)3/h4-10H,11H2,1-3H3,(H,21,25). The molecule has 0 atom stereocenters. The number of aromatic nitrogens is 3. The molecule has 3 aromatic rings. The molecule has 1 aromatic carbocycles. The van der Waals surface area contributed by atoms with Crippen molar-refractivity contribution in [2.75, 3.05) is 19.4 Å². The second-order valence-electron chi connectivity index (χ2n) is 5.98. The Morgan fingerprint density at radius 1 is 1.24 bits per heavy atom. The summed E-state index contributed by atoms with van der Waals surface area (Å²) in [6, 6.07) is 9.48. The van der Waals surface area contributed by atoms with Crippen molar-refractivity contribution in [3.8, 4) is 0 Å². The summed E-state index contributed by atoms with van der Waals surface area (Å²) in [7, 11) is 3.37. The molecule has 0 unspecified atom stereocenters. The van der Waals surface area contributed by atoms with Gasteiger partial charge in [-0.25, -0.2) is 0 Å². The number of benzene rings is 1. The SMILES string of the molecule is Cc1nc2ccccc2cc1C(=O)Nc1cnn(CC(=O)N(C)C)c1. The van der Waals surface area contributed by atoms with Gasteiger partial charge in [0.15, 0.2) is 0 Å². The van der Waals surface area contributed by atoms with E-state index in [1.54, 1.807) is 27.2 Å². The van der Waals surface area contributed by atoms with Gasteiger partial charge in [-0.2, -0.15) is 5.10 Å². The third kappa shape index (κ3) is 3.65. The highest BCUT2D eigenvalue weighted by atomic mass is 16.2. The monoisotopic (exact) mass is 337 g/mol. The highest BCUT2D eigenvalue weighted by molar-refractivity contribution is 6.06. The minimum atomic E-state index is -0.255. The Labute approximate surface area is 145 Å². The molecular weight excluding hydrogens is 318 g/mol. The second-order valence-corrected chi connectivity index (χ2v) is 5.98. The topological polar surface area (TPSA) is 80.1 Å². The van der Waals surface area contributed by atoms with E-state index in [-0.39, 0.29) is 18.4 Å². The van der Waals surface area contributed by atoms with Crippen LogP contribution in [0, 0.1) is 6.92 Å². The molecule has 1 N–H and O–H groups in total. The number of para-hydroxylation sites is 1. The van der Waals surface area contributed by atoms with Crippen LogP contribution < -0.4 is 5.32 Å². The van der Waals surface area contributed by atoms with E-state index in [9.17, 15) is 9.59 Å². The lowest BCUT2D eigenvalue weighted by Crippen LogP contribution is -2.26. The van der Waals surface area contributed by atoms with Crippen molar-refractivity contribution >= 4 is 28.4 Å². The van der Waals surface area contributed by atoms with E-state index in [1.165, 1.54) is 15.8 Å². The molecule has 0 fully saturated rings. The zero-order chi connectivity index (χ0) is 18.0. The van der Waals surface area contributed by atoms with Crippen LogP contribution in [0.1, 0.15) is 16.1 Å². The molecule has 2 amide bonds. The number of nitrogens with one attached hydrogen (secondary N) is 1. The quantitative estimate of drug-likeness (QED) is 0.790. The maximum atomic E-state index is 12.6. The van der Waals surface area contributed by atoms with Crippen LogP contribution in [0.3, 0.4) is 0 Å². The first-order valence-corrected chi connectivity index (χ1v) is 7.84. The second kappa shape index (κ2) is 6.72. The van der Waals surface area contributed by atoms with Gasteiger partial charge in [0, 0.05) is 25.7 Å². The van der Waals surface area contributed by atoms with Crippen molar-refractivity contribution in [3.63, 3.8) is 0 Å². The predicted octanol–water partition coefficient (Wildman–Crippen LogP) is 2.08. The summed E-state index contributed by atoms with van der Waals surface area (Å²) in [4.78, 5) is 30.2. The number of carbonyl (C=O) groups excluding carboxylic acids is 2. The first-order chi connectivity index (χ1) is 11.9. The fraction of sp³-hybridized carbons (Fsp3) is 0.222. The van der Waals surface area contributed by atoms with Gasteiger partial charge in [0.2, 0.25) is 5.91 Å². The zero-order valence-corrected chi connectivity index (χ0v) is 14.4. The van der Waals surface area contributed by atoms with E-state index in [4.69, 9.17) is 0 Å². The Hall–Kier alpha value is -3.22. The van der Waals surface area contributed by atoms with E-state index < -0.39 is 0 Å². The van der Waals surface area contributed by atoms with Crippen LogP contribution >= 0.6 is 0 Å². The Morgan fingerprint density at radius 2 is 2.00 bits per heavy atom. The molecule has 2 aromatic heterocycles. The van der Waals surface area contributed by atoms with Crippen molar-refractivity contribution in [1.82, 2.24) is 19.7 Å². The molecule has 0 saturated heterocycles. The van der Waals surface area contributed by atoms with Crippen LogP contribution in [-0.2, 0) is 11.3 Å². The van der Waals surface area contributed by atoms with Gasteiger partial charge in [-0.05, 0) is 19.1 Å². The van der Waals surface area contributed by atoms with Crippen molar-refractivity contribution in [2.24, 2.45) is 0 Å². The molecule has 0 bridgehead atoms. The van der Waals surface area contributed by atoms with Crippen LogP contribution in [0.4, 0.5) is 5.69 Å². The number of amides is 2. The molecule has 0 aliphatic rings. The summed E-state index contributed by atoms with van der Waals surface area (Å²) in [5.74, 6) is -0.329. The predicted molar refractivity (Wildman–Crippen MR) is 95.4 cm³/mol. The van der Waals surface area contributed by atoms with Gasteiger partial charge in [-0.15, -0.1) is 0 Å². The van der Waals surface area contributed by atoms with Gasteiger partial charge in [-0.3, -0.25) is 19.3 Å². The molecule has 0 aliphatic heterocycles. The number of aryl methyl sites for hydroxylation is 1. The Balaban J connectivity index is 1.77. The van der Waals surface area contributed by atoms with E-state index >= 15 is 0 Å². The summed E-state index contributed by atoms with van der Waals surface area (Å²) in [6.45, 7) is 1.93. The van der Waals surface area contributed by atoms with Crippen molar-refractivity contribution in [1.29, 1.82) is 0 Å². The van der Waals surface area contributed by atoms with Crippen LogP contribution in [0.15, 0.2) is 42.7 Å². The van der Waals surface area contributed by atoms with Gasteiger partial charge in [0.05, 0.1) is 28.7 Å². The van der Waals surface area contributed by atoms with E-state index in [0.29, 0.717) is 16.9 Å². The number of carbonyl (C=O) groups is 2. The number of fused-ring (bicyclic) bond motifs is 1. The average Bonchev–Trinajstić information content (AvgIpc) is 3.00. The Kier molecular flexibility index (Phi) is 4.47. The molecule has 3 rings (SSSR count). The van der Waals surface area contributed by atoms with Crippen molar-refractivity contribution < 1.29 is 9.59 Å². The summed E-state index contributed by atoms with van der Waals surface area (Å²) < 4.78 is 1.49. The summed E-state index contributed by atoms with van der Waals surface area (Å²) in [5, 5.41) is 7.80. The van der Waals surface area contributed by atoms with Gasteiger partial charge in [-0.1, -0.05) is 18.2 Å². The Morgan fingerprint density at radius 3 is 2.76 bits per heavy atom. The molecule has 0 saturated carbocycles. The third-order valence-electron chi connectivity index (χ3n) is 3.85. The van der Waals surface area contributed by atoms with Crippen LogP contribution in [0.25, 0.3) is 10.9 Å². The van der Waals surface area contributed by atoms with Crippen LogP contribution in [0.5, 0.6) is 0 Å². The lowest BCUT2D eigenvalue weighted by molar-refractivity contribution is -0.129. The largest absolute Gasteiger partial charge is 0.347 e. The number of nitrogens with zero attached hydrogens (tertiary/aromatic N) is 4. The summed E-state index contributed by atoms with van der Waals surface area (Å²) in [5.41, 5.74) is 2.55. The molecule has 2 heterocycles.